The summed E-state index contributed by atoms with van der Waals surface area (Å²) in [6, 6.07) is 5.96. The Balaban J connectivity index is 2.44. The van der Waals surface area contributed by atoms with E-state index in [1.54, 1.807) is 0 Å². The van der Waals surface area contributed by atoms with E-state index in [2.05, 4.69) is 6.92 Å². The molecule has 18 heavy (non-hydrogen) atoms. The summed E-state index contributed by atoms with van der Waals surface area (Å²) in [5, 5.41) is 0. The van der Waals surface area contributed by atoms with Crippen LogP contribution in [0.1, 0.15) is 50.2 Å². The second kappa shape index (κ2) is 8.09. The van der Waals surface area contributed by atoms with Crippen LogP contribution in [0.25, 0.3) is 0 Å². The quantitative estimate of drug-likeness (QED) is 0.570. The largest absolute Gasteiger partial charge is 0.493 e. The van der Waals surface area contributed by atoms with E-state index in [0.29, 0.717) is 4.99 Å². The summed E-state index contributed by atoms with van der Waals surface area (Å²) in [5.41, 5.74) is 7.70. The van der Waals surface area contributed by atoms with Crippen molar-refractivity contribution >= 4 is 17.2 Å². The van der Waals surface area contributed by atoms with Crippen LogP contribution < -0.4 is 10.5 Å². The Morgan fingerprint density at radius 1 is 1.22 bits per heavy atom. The molecule has 1 aromatic carbocycles. The van der Waals surface area contributed by atoms with Crippen molar-refractivity contribution in [2.75, 3.05) is 6.61 Å². The molecule has 2 N–H and O–H groups in total. The van der Waals surface area contributed by atoms with Crippen LogP contribution in [-0.4, -0.2) is 11.6 Å². The van der Waals surface area contributed by atoms with Gasteiger partial charge in [0.15, 0.2) is 0 Å². The molecule has 0 amide bonds. The fourth-order valence-corrected chi connectivity index (χ4v) is 2.01. The number of hydrogen-bond acceptors (Lipinski definition) is 2. The lowest BCUT2D eigenvalue weighted by Gasteiger charge is -2.11. The second-order valence-corrected chi connectivity index (χ2v) is 5.07. The van der Waals surface area contributed by atoms with Crippen LogP contribution in [-0.2, 0) is 0 Å². The molecule has 1 rings (SSSR count). The molecule has 0 radical (unpaired) electrons. The van der Waals surface area contributed by atoms with E-state index in [9.17, 15) is 0 Å². The van der Waals surface area contributed by atoms with Gasteiger partial charge in [-0.15, -0.1) is 0 Å². The molecule has 0 aliphatic rings. The Morgan fingerprint density at radius 3 is 2.61 bits per heavy atom. The Hall–Kier alpha value is -1.09. The predicted octanol–water partition coefficient (Wildman–Crippen LogP) is 3.98. The first-order valence-corrected chi connectivity index (χ1v) is 7.09. The van der Waals surface area contributed by atoms with Crippen molar-refractivity contribution in [2.45, 2.75) is 46.0 Å². The number of unbranched alkanes of at least 4 members (excludes halogenated alkanes) is 4. The number of nitrogens with two attached hydrogens (primary N) is 1. The molecule has 0 spiro atoms. The van der Waals surface area contributed by atoms with Gasteiger partial charge in [0, 0.05) is 0 Å². The SMILES string of the molecule is CCCCCCCOc1ccc(C)cc1C(N)=S. The van der Waals surface area contributed by atoms with Crippen LogP contribution in [0, 0.1) is 6.92 Å². The van der Waals surface area contributed by atoms with Crippen molar-refractivity contribution in [2.24, 2.45) is 5.73 Å². The third-order valence-electron chi connectivity index (χ3n) is 2.91. The van der Waals surface area contributed by atoms with Crippen LogP contribution in [0.15, 0.2) is 18.2 Å². The molecule has 0 aliphatic heterocycles. The molecule has 0 aromatic heterocycles. The van der Waals surface area contributed by atoms with Crippen LogP contribution in [0.3, 0.4) is 0 Å². The lowest BCUT2D eigenvalue weighted by atomic mass is 10.1. The Labute approximate surface area is 116 Å². The molecule has 0 bridgehead atoms. The van der Waals surface area contributed by atoms with E-state index in [0.717, 1.165) is 29.9 Å². The molecule has 0 heterocycles. The lowest BCUT2D eigenvalue weighted by Crippen LogP contribution is -2.12. The number of thiocarbonyl (C=S) groups is 1. The van der Waals surface area contributed by atoms with Gasteiger partial charge in [0.05, 0.1) is 12.2 Å². The highest BCUT2D eigenvalue weighted by atomic mass is 32.1. The monoisotopic (exact) mass is 265 g/mol. The van der Waals surface area contributed by atoms with E-state index in [4.69, 9.17) is 22.7 Å². The average Bonchev–Trinajstić information content (AvgIpc) is 2.35. The molecule has 0 unspecified atom stereocenters. The van der Waals surface area contributed by atoms with Gasteiger partial charge in [-0.25, -0.2) is 0 Å². The van der Waals surface area contributed by atoms with Gasteiger partial charge in [0.1, 0.15) is 10.7 Å². The predicted molar refractivity (Wildman–Crippen MR) is 81.3 cm³/mol. The topological polar surface area (TPSA) is 35.2 Å². The van der Waals surface area contributed by atoms with Gasteiger partial charge in [0.2, 0.25) is 0 Å². The summed E-state index contributed by atoms with van der Waals surface area (Å²) >= 11 is 5.04. The first-order valence-electron chi connectivity index (χ1n) is 6.68. The summed E-state index contributed by atoms with van der Waals surface area (Å²) in [7, 11) is 0. The highest BCUT2D eigenvalue weighted by molar-refractivity contribution is 7.80. The molecular formula is C15H23NOS. The molecule has 0 saturated carbocycles. The maximum Gasteiger partial charge on any atom is 0.129 e. The van der Waals surface area contributed by atoms with Crippen LogP contribution in [0.4, 0.5) is 0 Å². The summed E-state index contributed by atoms with van der Waals surface area (Å²) in [5.74, 6) is 0.809. The summed E-state index contributed by atoms with van der Waals surface area (Å²) in [4.78, 5) is 0.402. The fourth-order valence-electron chi connectivity index (χ4n) is 1.85. The zero-order chi connectivity index (χ0) is 13.4. The summed E-state index contributed by atoms with van der Waals surface area (Å²) in [6.45, 7) is 4.98. The molecular weight excluding hydrogens is 242 g/mol. The first kappa shape index (κ1) is 15.0. The molecule has 100 valence electrons. The highest BCUT2D eigenvalue weighted by Crippen LogP contribution is 2.20. The Morgan fingerprint density at radius 2 is 1.94 bits per heavy atom. The van der Waals surface area contributed by atoms with Crippen molar-refractivity contribution in [3.05, 3.63) is 29.3 Å². The van der Waals surface area contributed by atoms with E-state index in [1.165, 1.54) is 25.7 Å². The molecule has 2 nitrogen and oxygen atoms in total. The van der Waals surface area contributed by atoms with Gasteiger partial charge in [-0.1, -0.05) is 56.5 Å². The lowest BCUT2D eigenvalue weighted by molar-refractivity contribution is 0.304. The average molecular weight is 265 g/mol. The number of ether oxygens (including phenoxy) is 1. The number of aryl methyl sites for hydroxylation is 1. The van der Waals surface area contributed by atoms with E-state index < -0.39 is 0 Å². The van der Waals surface area contributed by atoms with Crippen molar-refractivity contribution in [1.82, 2.24) is 0 Å². The maximum atomic E-state index is 5.77. The van der Waals surface area contributed by atoms with Crippen molar-refractivity contribution in [1.29, 1.82) is 0 Å². The van der Waals surface area contributed by atoms with Crippen molar-refractivity contribution in [3.8, 4) is 5.75 Å². The Kier molecular flexibility index (Phi) is 6.73. The molecule has 0 atom stereocenters. The minimum Gasteiger partial charge on any atom is -0.493 e. The Bertz CT molecular complexity index is 390. The molecule has 1 aromatic rings. The third kappa shape index (κ3) is 5.05. The smallest absolute Gasteiger partial charge is 0.129 e. The van der Waals surface area contributed by atoms with Gasteiger partial charge in [-0.05, 0) is 25.5 Å². The van der Waals surface area contributed by atoms with Crippen molar-refractivity contribution in [3.63, 3.8) is 0 Å². The molecule has 0 saturated heterocycles. The van der Waals surface area contributed by atoms with Gasteiger partial charge < -0.3 is 10.5 Å². The normalized spacial score (nSPS) is 10.3. The van der Waals surface area contributed by atoms with Crippen LogP contribution in [0.2, 0.25) is 0 Å². The van der Waals surface area contributed by atoms with Crippen LogP contribution in [0.5, 0.6) is 5.75 Å². The molecule has 0 fully saturated rings. The second-order valence-electron chi connectivity index (χ2n) is 4.63. The highest BCUT2D eigenvalue weighted by Gasteiger charge is 2.06. The van der Waals surface area contributed by atoms with E-state index in [1.807, 2.05) is 25.1 Å². The number of hydrogen-bond donors (Lipinski definition) is 1. The van der Waals surface area contributed by atoms with Gasteiger partial charge in [0.25, 0.3) is 0 Å². The van der Waals surface area contributed by atoms with E-state index >= 15 is 0 Å². The first-order chi connectivity index (χ1) is 8.65. The summed E-state index contributed by atoms with van der Waals surface area (Å²) < 4.78 is 5.77. The molecule has 0 aliphatic carbocycles. The van der Waals surface area contributed by atoms with Crippen LogP contribution >= 0.6 is 12.2 Å². The molecule has 3 heteroatoms. The zero-order valence-corrected chi connectivity index (χ0v) is 12.2. The standard InChI is InChI=1S/C15H23NOS/c1-3-4-5-6-7-10-17-14-9-8-12(2)11-13(14)15(16)18/h8-9,11H,3-7,10H2,1-2H3,(H2,16,18). The third-order valence-corrected chi connectivity index (χ3v) is 3.13. The number of benzene rings is 1. The van der Waals surface area contributed by atoms with Gasteiger partial charge >= 0.3 is 0 Å². The minimum absolute atomic E-state index is 0.402. The van der Waals surface area contributed by atoms with E-state index in [-0.39, 0.29) is 0 Å². The fraction of sp³-hybridized carbons (Fsp3) is 0.533. The zero-order valence-electron chi connectivity index (χ0n) is 11.4. The van der Waals surface area contributed by atoms with Gasteiger partial charge in [-0.2, -0.15) is 0 Å². The van der Waals surface area contributed by atoms with Crippen molar-refractivity contribution < 1.29 is 4.74 Å². The summed E-state index contributed by atoms with van der Waals surface area (Å²) in [6.07, 6.45) is 6.18. The maximum absolute atomic E-state index is 5.77. The minimum atomic E-state index is 0.402. The number of rotatable bonds is 8. The van der Waals surface area contributed by atoms with Gasteiger partial charge in [-0.3, -0.25) is 0 Å².